The van der Waals surface area contributed by atoms with Gasteiger partial charge >= 0.3 is 0 Å². The second kappa shape index (κ2) is 4.97. The van der Waals surface area contributed by atoms with Crippen molar-refractivity contribution in [3.63, 3.8) is 0 Å². The first kappa shape index (κ1) is 12.1. The van der Waals surface area contributed by atoms with Crippen LogP contribution in [-0.4, -0.2) is 20.8 Å². The zero-order valence-corrected chi connectivity index (χ0v) is 10.6. The Kier molecular flexibility index (Phi) is 3.01. The largest absolute Gasteiger partial charge is 0.399 e. The fourth-order valence-corrected chi connectivity index (χ4v) is 1.90. The first-order valence-electron chi connectivity index (χ1n) is 6.11. The molecule has 5 nitrogen and oxygen atoms in total. The first-order valence-corrected chi connectivity index (χ1v) is 6.11. The quantitative estimate of drug-likeness (QED) is 0.580. The number of carbonyl (C=O) groups excluding carboxylic acids is 1. The number of nitrogens with two attached hydrogens (primary N) is 1. The molecule has 3 aromatic rings. The molecular formula is C15H12N4O. The van der Waals surface area contributed by atoms with Crippen LogP contribution in [0.25, 0.3) is 5.69 Å². The van der Waals surface area contributed by atoms with Crippen molar-refractivity contribution in [2.45, 2.75) is 0 Å². The molecule has 0 spiro atoms. The summed E-state index contributed by atoms with van der Waals surface area (Å²) in [6, 6.07) is 14.0. The summed E-state index contributed by atoms with van der Waals surface area (Å²) in [5, 5.41) is 8.07. The molecule has 0 radical (unpaired) electrons. The van der Waals surface area contributed by atoms with E-state index in [0.717, 1.165) is 5.69 Å². The minimum absolute atomic E-state index is 0.0371. The minimum atomic E-state index is -0.0371. The van der Waals surface area contributed by atoms with Gasteiger partial charge in [-0.3, -0.25) is 4.79 Å². The van der Waals surface area contributed by atoms with Crippen LogP contribution in [-0.2, 0) is 0 Å². The lowest BCUT2D eigenvalue weighted by molar-refractivity contribution is 0.103. The number of hydrogen-bond donors (Lipinski definition) is 1. The average Bonchev–Trinajstić information content (AvgIpc) is 3.02. The molecule has 5 heteroatoms. The molecule has 0 aliphatic rings. The van der Waals surface area contributed by atoms with Crippen LogP contribution in [0.1, 0.15) is 15.9 Å². The van der Waals surface area contributed by atoms with Gasteiger partial charge in [0.25, 0.3) is 0 Å². The van der Waals surface area contributed by atoms with Crippen LogP contribution < -0.4 is 5.73 Å². The lowest BCUT2D eigenvalue weighted by atomic mass is 10.0. The highest BCUT2D eigenvalue weighted by atomic mass is 16.1. The van der Waals surface area contributed by atoms with Gasteiger partial charge in [-0.25, -0.2) is 0 Å². The Morgan fingerprint density at radius 1 is 0.850 bits per heavy atom. The molecular weight excluding hydrogens is 252 g/mol. The lowest BCUT2D eigenvalue weighted by Crippen LogP contribution is -2.03. The maximum Gasteiger partial charge on any atom is 0.193 e. The smallest absolute Gasteiger partial charge is 0.193 e. The Labute approximate surface area is 115 Å². The SMILES string of the molecule is Nc1ccc(C(=O)c2ccc(-n3nccn3)cc2)cc1. The maximum absolute atomic E-state index is 12.3. The minimum Gasteiger partial charge on any atom is -0.399 e. The van der Waals surface area contributed by atoms with Crippen LogP contribution in [0.3, 0.4) is 0 Å². The first-order chi connectivity index (χ1) is 9.74. The van der Waals surface area contributed by atoms with E-state index in [1.54, 1.807) is 48.8 Å². The summed E-state index contributed by atoms with van der Waals surface area (Å²) in [5.74, 6) is -0.0371. The third-order valence-corrected chi connectivity index (χ3v) is 2.95. The van der Waals surface area contributed by atoms with Gasteiger partial charge in [-0.1, -0.05) is 0 Å². The van der Waals surface area contributed by atoms with E-state index >= 15 is 0 Å². The molecule has 2 N–H and O–H groups in total. The Morgan fingerprint density at radius 3 is 1.90 bits per heavy atom. The highest BCUT2D eigenvalue weighted by Crippen LogP contribution is 2.14. The molecule has 0 fully saturated rings. The molecule has 0 atom stereocenters. The molecule has 3 rings (SSSR count). The molecule has 20 heavy (non-hydrogen) atoms. The Bertz CT molecular complexity index is 716. The van der Waals surface area contributed by atoms with E-state index in [-0.39, 0.29) is 5.78 Å². The van der Waals surface area contributed by atoms with Crippen LogP contribution in [0.2, 0.25) is 0 Å². The van der Waals surface area contributed by atoms with Crippen molar-refractivity contribution in [2.24, 2.45) is 0 Å². The molecule has 0 bridgehead atoms. The standard InChI is InChI=1S/C15H12N4O/c16-13-5-1-11(2-6-13)15(20)12-3-7-14(8-4-12)19-17-9-10-18-19/h1-10H,16H2. The van der Waals surface area contributed by atoms with Gasteiger partial charge < -0.3 is 5.73 Å². The summed E-state index contributed by atoms with van der Waals surface area (Å²) >= 11 is 0. The molecule has 0 unspecified atom stereocenters. The fourth-order valence-electron chi connectivity index (χ4n) is 1.90. The molecule has 0 amide bonds. The van der Waals surface area contributed by atoms with E-state index in [4.69, 9.17) is 5.73 Å². The van der Waals surface area contributed by atoms with E-state index in [1.165, 1.54) is 4.80 Å². The van der Waals surface area contributed by atoms with Gasteiger partial charge in [-0.2, -0.15) is 15.0 Å². The van der Waals surface area contributed by atoms with Gasteiger partial charge in [0, 0.05) is 16.8 Å². The second-order valence-electron chi connectivity index (χ2n) is 4.32. The molecule has 1 heterocycles. The van der Waals surface area contributed by atoms with Crippen LogP contribution in [0.15, 0.2) is 60.9 Å². The van der Waals surface area contributed by atoms with E-state index in [2.05, 4.69) is 10.2 Å². The molecule has 0 saturated heterocycles. The summed E-state index contributed by atoms with van der Waals surface area (Å²) in [6.45, 7) is 0. The van der Waals surface area contributed by atoms with Crippen molar-refractivity contribution < 1.29 is 4.79 Å². The molecule has 0 aliphatic carbocycles. The average molecular weight is 264 g/mol. The monoisotopic (exact) mass is 264 g/mol. The van der Waals surface area contributed by atoms with Crippen LogP contribution >= 0.6 is 0 Å². The van der Waals surface area contributed by atoms with Crippen molar-refractivity contribution >= 4 is 11.5 Å². The molecule has 2 aromatic carbocycles. The number of rotatable bonds is 3. The maximum atomic E-state index is 12.3. The van der Waals surface area contributed by atoms with Gasteiger partial charge in [-0.15, -0.1) is 0 Å². The fraction of sp³-hybridized carbons (Fsp3) is 0. The van der Waals surface area contributed by atoms with Gasteiger partial charge in [0.15, 0.2) is 5.78 Å². The Balaban J connectivity index is 1.87. The predicted molar refractivity (Wildman–Crippen MR) is 75.6 cm³/mol. The highest BCUT2D eigenvalue weighted by molar-refractivity contribution is 6.09. The summed E-state index contributed by atoms with van der Waals surface area (Å²) < 4.78 is 0. The zero-order chi connectivity index (χ0) is 13.9. The summed E-state index contributed by atoms with van der Waals surface area (Å²) in [6.07, 6.45) is 3.21. The van der Waals surface area contributed by atoms with E-state index < -0.39 is 0 Å². The highest BCUT2D eigenvalue weighted by Gasteiger charge is 2.09. The van der Waals surface area contributed by atoms with Crippen LogP contribution in [0.5, 0.6) is 0 Å². The third kappa shape index (κ3) is 2.29. The van der Waals surface area contributed by atoms with Gasteiger partial charge in [-0.05, 0) is 48.5 Å². The molecule has 1 aromatic heterocycles. The number of benzene rings is 2. The van der Waals surface area contributed by atoms with Crippen molar-refractivity contribution in [3.05, 3.63) is 72.1 Å². The number of nitrogen functional groups attached to an aromatic ring is 1. The number of aromatic nitrogens is 3. The number of ketones is 1. The summed E-state index contributed by atoms with van der Waals surface area (Å²) in [7, 11) is 0. The zero-order valence-electron chi connectivity index (χ0n) is 10.6. The number of anilines is 1. The van der Waals surface area contributed by atoms with E-state index in [0.29, 0.717) is 16.8 Å². The number of hydrogen-bond acceptors (Lipinski definition) is 4. The lowest BCUT2D eigenvalue weighted by Gasteiger charge is -2.03. The van der Waals surface area contributed by atoms with Crippen molar-refractivity contribution in [3.8, 4) is 5.69 Å². The summed E-state index contributed by atoms with van der Waals surface area (Å²) in [5.41, 5.74) is 8.29. The van der Waals surface area contributed by atoms with E-state index in [9.17, 15) is 4.79 Å². The van der Waals surface area contributed by atoms with Crippen molar-refractivity contribution in [1.82, 2.24) is 15.0 Å². The van der Waals surface area contributed by atoms with Crippen molar-refractivity contribution in [2.75, 3.05) is 5.73 Å². The van der Waals surface area contributed by atoms with Crippen molar-refractivity contribution in [1.29, 1.82) is 0 Å². The molecule has 98 valence electrons. The van der Waals surface area contributed by atoms with E-state index in [1.807, 2.05) is 12.1 Å². The van der Waals surface area contributed by atoms with Gasteiger partial charge in [0.05, 0.1) is 18.1 Å². The third-order valence-electron chi connectivity index (χ3n) is 2.95. The van der Waals surface area contributed by atoms with Gasteiger partial charge in [0.1, 0.15) is 0 Å². The van der Waals surface area contributed by atoms with Crippen LogP contribution in [0, 0.1) is 0 Å². The Morgan fingerprint density at radius 2 is 1.35 bits per heavy atom. The summed E-state index contributed by atoms with van der Waals surface area (Å²) in [4.78, 5) is 13.8. The second-order valence-corrected chi connectivity index (χ2v) is 4.32. The van der Waals surface area contributed by atoms with Crippen LogP contribution in [0.4, 0.5) is 5.69 Å². The molecule has 0 aliphatic heterocycles. The topological polar surface area (TPSA) is 73.8 Å². The van der Waals surface area contributed by atoms with Gasteiger partial charge in [0.2, 0.25) is 0 Å². The predicted octanol–water partition coefficient (Wildman–Crippen LogP) is 2.08. The molecule has 0 saturated carbocycles. The number of carbonyl (C=O) groups is 1. The number of nitrogens with zero attached hydrogens (tertiary/aromatic N) is 3. The Hall–Kier alpha value is -2.95. The normalized spacial score (nSPS) is 10.4.